The maximum Gasteiger partial charge on any atom is 0.255 e. The van der Waals surface area contributed by atoms with Gasteiger partial charge in [0.15, 0.2) is 0 Å². The summed E-state index contributed by atoms with van der Waals surface area (Å²) in [4.78, 5) is 3.07. The van der Waals surface area contributed by atoms with Gasteiger partial charge in [0, 0.05) is 11.9 Å². The largest absolute Gasteiger partial charge is 1.00 e. The van der Waals surface area contributed by atoms with Gasteiger partial charge in [0.25, 0.3) is 5.04 Å². The first kappa shape index (κ1) is 14.6. The highest BCUT2D eigenvalue weighted by Gasteiger charge is 2.08. The average molecular weight is 322 g/mol. The molecule has 1 aromatic heterocycles. The lowest BCUT2D eigenvalue weighted by molar-refractivity contribution is -0.107. The van der Waals surface area contributed by atoms with E-state index in [4.69, 9.17) is 10.7 Å². The summed E-state index contributed by atoms with van der Waals surface area (Å²) in [5.41, 5.74) is 2.78. The quantitative estimate of drug-likeness (QED) is 0.524. The summed E-state index contributed by atoms with van der Waals surface area (Å²) in [6.07, 6.45) is 1.85. The van der Waals surface area contributed by atoms with Crippen molar-refractivity contribution in [2.75, 3.05) is 0 Å². The van der Waals surface area contributed by atoms with Crippen LogP contribution in [0.1, 0.15) is 16.8 Å². The van der Waals surface area contributed by atoms with E-state index in [2.05, 4.69) is 11.1 Å². The lowest BCUT2D eigenvalue weighted by Gasteiger charge is -1.99. The van der Waals surface area contributed by atoms with E-state index in [1.54, 1.807) is 11.8 Å². The zero-order valence-electron chi connectivity index (χ0n) is 9.56. The van der Waals surface area contributed by atoms with Gasteiger partial charge in [-0.15, -0.1) is 0 Å². The van der Waals surface area contributed by atoms with Crippen LogP contribution in [0.4, 0.5) is 0 Å². The highest BCUT2D eigenvalue weighted by atomic mass is 79.9. The molecule has 1 heterocycles. The molecule has 0 aliphatic rings. The van der Waals surface area contributed by atoms with Gasteiger partial charge < -0.3 is 22.0 Å². The van der Waals surface area contributed by atoms with Gasteiger partial charge in [-0.05, 0) is 29.8 Å². The minimum absolute atomic E-state index is 0. The van der Waals surface area contributed by atoms with Crippen LogP contribution in [0.2, 0.25) is 0 Å². The first-order chi connectivity index (χ1) is 8.29. The predicted molar refractivity (Wildman–Crippen MR) is 69.3 cm³/mol. The molecule has 18 heavy (non-hydrogen) atoms. The van der Waals surface area contributed by atoms with Gasteiger partial charge in [-0.2, -0.15) is 5.26 Å². The molecule has 0 aliphatic heterocycles. The number of halogens is 1. The van der Waals surface area contributed by atoms with Crippen molar-refractivity contribution < 1.29 is 22.4 Å². The number of aromatic amines is 1. The number of nitrogens with one attached hydrogen (secondary N) is 1. The number of aromatic nitrogens is 1. The van der Waals surface area contributed by atoms with Gasteiger partial charge >= 0.3 is 0 Å². The van der Waals surface area contributed by atoms with E-state index in [1.807, 2.05) is 42.6 Å². The molecule has 0 spiro atoms. The Morgan fingerprint density at radius 2 is 2.00 bits per heavy atom. The second kappa shape index (κ2) is 7.04. The number of nitrogens with two attached hydrogens (primary N) is 1. The summed E-state index contributed by atoms with van der Waals surface area (Å²) >= 11 is 1.58. The van der Waals surface area contributed by atoms with Crippen molar-refractivity contribution in [1.82, 2.24) is 4.98 Å². The lowest BCUT2D eigenvalue weighted by atomic mass is 10.2. The fourth-order valence-corrected chi connectivity index (χ4v) is 2.20. The van der Waals surface area contributed by atoms with Gasteiger partial charge in [-0.3, -0.25) is 0 Å². The third kappa shape index (κ3) is 3.76. The molecule has 0 aliphatic carbocycles. The third-order valence-corrected chi connectivity index (χ3v) is 3.35. The Hall–Kier alpha value is -1.51. The summed E-state index contributed by atoms with van der Waals surface area (Å²) in [6, 6.07) is 13.5. The molecular formula is C13H12BrN3S. The summed E-state index contributed by atoms with van der Waals surface area (Å²) in [5.74, 6) is 0.802. The van der Waals surface area contributed by atoms with Gasteiger partial charge in [-0.1, -0.05) is 23.9 Å². The molecule has 3 N–H and O–H groups in total. The third-order valence-electron chi connectivity index (χ3n) is 2.34. The SMILES string of the molecule is N#Cc1ccc(CSC(=[NH2+])c2ccc[nH]2)cc1.[Br-]. The number of rotatable bonds is 3. The Morgan fingerprint density at radius 1 is 1.28 bits per heavy atom. The van der Waals surface area contributed by atoms with Gasteiger partial charge in [-0.25, -0.2) is 5.41 Å². The summed E-state index contributed by atoms with van der Waals surface area (Å²) in [6.45, 7) is 0. The molecule has 2 rings (SSSR count). The van der Waals surface area contributed by atoms with Crippen LogP contribution < -0.4 is 22.4 Å². The molecule has 0 saturated heterocycles. The Balaban J connectivity index is 0.00000162. The van der Waals surface area contributed by atoms with Crippen molar-refractivity contribution in [1.29, 1.82) is 5.26 Å². The summed E-state index contributed by atoms with van der Waals surface area (Å²) in [5, 5.41) is 15.4. The first-order valence-electron chi connectivity index (χ1n) is 5.17. The van der Waals surface area contributed by atoms with E-state index in [0.29, 0.717) is 5.56 Å². The monoisotopic (exact) mass is 321 g/mol. The molecule has 0 fully saturated rings. The summed E-state index contributed by atoms with van der Waals surface area (Å²) < 4.78 is 0. The molecule has 5 heteroatoms. The highest BCUT2D eigenvalue weighted by Crippen LogP contribution is 2.15. The van der Waals surface area contributed by atoms with E-state index < -0.39 is 0 Å². The molecule has 0 saturated carbocycles. The standard InChI is InChI=1S/C13H11N3S.BrH/c14-8-10-3-5-11(6-4-10)9-17-13(15)12-2-1-7-16-12;/h1-7,15-16H,9H2;1H. The van der Waals surface area contributed by atoms with Crippen LogP contribution in [0.3, 0.4) is 0 Å². The number of H-pyrrole nitrogens is 1. The van der Waals surface area contributed by atoms with Gasteiger partial charge in [0.1, 0.15) is 5.69 Å². The van der Waals surface area contributed by atoms with E-state index in [9.17, 15) is 0 Å². The predicted octanol–water partition coefficient (Wildman–Crippen LogP) is -1.67. The minimum atomic E-state index is 0. The smallest absolute Gasteiger partial charge is 0.255 e. The molecule has 92 valence electrons. The fraction of sp³-hybridized carbons (Fsp3) is 0.0769. The zero-order valence-corrected chi connectivity index (χ0v) is 12.0. The second-order valence-corrected chi connectivity index (χ2v) is 4.56. The first-order valence-corrected chi connectivity index (χ1v) is 6.16. The molecule has 0 radical (unpaired) electrons. The number of benzene rings is 1. The molecule has 0 unspecified atom stereocenters. The maximum atomic E-state index is 8.69. The van der Waals surface area contributed by atoms with Crippen LogP contribution in [0, 0.1) is 11.3 Å². The Morgan fingerprint density at radius 3 is 2.56 bits per heavy atom. The van der Waals surface area contributed by atoms with E-state index in [-0.39, 0.29) is 17.0 Å². The molecule has 0 atom stereocenters. The molecule has 2 aromatic rings. The fourth-order valence-electron chi connectivity index (χ4n) is 1.40. The van der Waals surface area contributed by atoms with Crippen LogP contribution >= 0.6 is 11.8 Å². The summed E-state index contributed by atoms with van der Waals surface area (Å²) in [7, 11) is 0. The number of hydrogen-bond donors (Lipinski definition) is 2. The van der Waals surface area contributed by atoms with Crippen molar-refractivity contribution in [3.8, 4) is 6.07 Å². The van der Waals surface area contributed by atoms with Gasteiger partial charge in [0.2, 0.25) is 0 Å². The van der Waals surface area contributed by atoms with Crippen molar-refractivity contribution in [2.45, 2.75) is 5.75 Å². The normalized spacial score (nSPS) is 9.28. The number of hydrogen-bond acceptors (Lipinski definition) is 2. The van der Waals surface area contributed by atoms with E-state index in [1.165, 1.54) is 0 Å². The molecular weight excluding hydrogens is 310 g/mol. The van der Waals surface area contributed by atoms with Crippen LogP contribution in [0.25, 0.3) is 0 Å². The van der Waals surface area contributed by atoms with Crippen LogP contribution in [0.5, 0.6) is 0 Å². The number of thioether (sulfide) groups is 1. The molecule has 3 nitrogen and oxygen atoms in total. The number of nitriles is 1. The van der Waals surface area contributed by atoms with Crippen molar-refractivity contribution >= 4 is 16.8 Å². The van der Waals surface area contributed by atoms with Crippen molar-refractivity contribution in [3.05, 3.63) is 59.4 Å². The maximum absolute atomic E-state index is 8.69. The second-order valence-electron chi connectivity index (χ2n) is 3.55. The van der Waals surface area contributed by atoms with Crippen molar-refractivity contribution in [3.63, 3.8) is 0 Å². The number of nitrogens with zero attached hydrogens (tertiary/aromatic N) is 1. The average Bonchev–Trinajstić information content (AvgIpc) is 2.90. The Labute approximate surface area is 121 Å². The molecule has 0 amide bonds. The van der Waals surface area contributed by atoms with Crippen molar-refractivity contribution in [2.24, 2.45) is 0 Å². The minimum Gasteiger partial charge on any atom is -1.00 e. The Kier molecular flexibility index (Phi) is 5.69. The topological polar surface area (TPSA) is 65.2 Å². The molecule has 0 bridgehead atoms. The van der Waals surface area contributed by atoms with Gasteiger partial charge in [0.05, 0.1) is 11.6 Å². The molecule has 1 aromatic carbocycles. The van der Waals surface area contributed by atoms with E-state index in [0.717, 1.165) is 22.1 Å². The zero-order chi connectivity index (χ0) is 12.1. The van der Waals surface area contributed by atoms with Crippen LogP contribution in [0.15, 0.2) is 42.6 Å². The van der Waals surface area contributed by atoms with E-state index >= 15 is 0 Å². The van der Waals surface area contributed by atoms with Crippen LogP contribution in [-0.4, -0.2) is 10.0 Å². The highest BCUT2D eigenvalue weighted by molar-refractivity contribution is 8.13. The Bertz CT molecular complexity index is 541. The van der Waals surface area contributed by atoms with Crippen LogP contribution in [-0.2, 0) is 5.75 Å². The lowest BCUT2D eigenvalue weighted by Crippen LogP contribution is -3.00.